The third-order valence-electron chi connectivity index (χ3n) is 2.75. The van der Waals surface area contributed by atoms with Crippen LogP contribution >= 0.6 is 0 Å². The van der Waals surface area contributed by atoms with Gasteiger partial charge < -0.3 is 5.32 Å². The molecule has 1 heterocycles. The number of aromatic nitrogens is 2. The van der Waals surface area contributed by atoms with Crippen molar-refractivity contribution in [2.45, 2.75) is 18.7 Å². The lowest BCUT2D eigenvalue weighted by atomic mass is 10.2. The van der Waals surface area contributed by atoms with Gasteiger partial charge in [-0.3, -0.25) is 9.78 Å². The fourth-order valence-corrected chi connectivity index (χ4v) is 2.52. The van der Waals surface area contributed by atoms with Gasteiger partial charge in [-0.15, -0.1) is 0 Å². The molecule has 0 bridgehead atoms. The molecule has 2 rings (SSSR count). The normalized spacial score (nSPS) is 11.2. The first-order chi connectivity index (χ1) is 9.77. The van der Waals surface area contributed by atoms with Crippen molar-refractivity contribution in [1.82, 2.24) is 9.97 Å². The number of nitrogens with two attached hydrogens (primary N) is 1. The molecular formula is C13H14N4O3S. The minimum absolute atomic E-state index is 0.0237. The monoisotopic (exact) mass is 306 g/mol. The van der Waals surface area contributed by atoms with Crippen molar-refractivity contribution in [1.29, 1.82) is 0 Å². The highest BCUT2D eigenvalue weighted by Gasteiger charge is 2.13. The molecule has 21 heavy (non-hydrogen) atoms. The average Bonchev–Trinajstić information content (AvgIpc) is 2.37. The first kappa shape index (κ1) is 15.1. The number of nitrogens with one attached hydrogen (secondary N) is 1. The first-order valence-electron chi connectivity index (χ1n) is 6.01. The number of carbonyl (C=O) groups is 1. The zero-order chi connectivity index (χ0) is 15.6. The highest BCUT2D eigenvalue weighted by Crippen LogP contribution is 2.18. The van der Waals surface area contributed by atoms with Gasteiger partial charge in [-0.1, -0.05) is 0 Å². The lowest BCUT2D eigenvalue weighted by molar-refractivity contribution is 0.102. The molecule has 110 valence electrons. The predicted octanol–water partition coefficient (Wildman–Crippen LogP) is 0.993. The van der Waals surface area contributed by atoms with Crippen LogP contribution in [0.15, 0.2) is 35.5 Å². The van der Waals surface area contributed by atoms with Crippen molar-refractivity contribution in [2.24, 2.45) is 5.14 Å². The number of benzene rings is 1. The van der Waals surface area contributed by atoms with Gasteiger partial charge in [-0.2, -0.15) is 0 Å². The Morgan fingerprint density at radius 2 is 1.90 bits per heavy atom. The number of anilines is 1. The number of rotatable bonds is 3. The molecule has 0 aliphatic rings. The third kappa shape index (κ3) is 3.61. The smallest absolute Gasteiger partial charge is 0.275 e. The molecule has 3 N–H and O–H groups in total. The Kier molecular flexibility index (Phi) is 4.01. The summed E-state index contributed by atoms with van der Waals surface area (Å²) in [5, 5.41) is 7.70. The standard InChI is InChI=1S/C13H14N4O3S/c1-8-5-10(3-4-12(8)21(14,19)20)17-13(18)11-7-15-9(2)6-16-11/h3-7H,1-2H3,(H,17,18)(H2,14,19,20). The molecule has 2 aromatic rings. The molecule has 0 aliphatic carbocycles. The number of nitrogens with zero attached hydrogens (tertiary/aromatic N) is 2. The van der Waals surface area contributed by atoms with Crippen molar-refractivity contribution in [3.63, 3.8) is 0 Å². The van der Waals surface area contributed by atoms with E-state index in [1.54, 1.807) is 13.8 Å². The Balaban J connectivity index is 2.22. The number of sulfonamides is 1. The summed E-state index contributed by atoms with van der Waals surface area (Å²) in [6.45, 7) is 3.37. The second kappa shape index (κ2) is 5.58. The highest BCUT2D eigenvalue weighted by atomic mass is 32.2. The maximum atomic E-state index is 12.0. The van der Waals surface area contributed by atoms with Crippen molar-refractivity contribution in [2.75, 3.05) is 5.32 Å². The summed E-state index contributed by atoms with van der Waals surface area (Å²) in [5.41, 5.74) is 1.78. The predicted molar refractivity (Wildman–Crippen MR) is 77.3 cm³/mol. The SMILES string of the molecule is Cc1cnc(C(=O)Nc2ccc(S(N)(=O)=O)c(C)c2)cn1. The van der Waals surface area contributed by atoms with E-state index in [9.17, 15) is 13.2 Å². The van der Waals surface area contributed by atoms with Crippen molar-refractivity contribution in [3.05, 3.63) is 47.5 Å². The summed E-state index contributed by atoms with van der Waals surface area (Å²) in [6.07, 6.45) is 2.86. The summed E-state index contributed by atoms with van der Waals surface area (Å²) >= 11 is 0. The molecule has 0 radical (unpaired) electrons. The van der Waals surface area contributed by atoms with E-state index in [0.717, 1.165) is 0 Å². The van der Waals surface area contributed by atoms with Gasteiger partial charge in [0.15, 0.2) is 0 Å². The molecule has 1 amide bonds. The summed E-state index contributed by atoms with van der Waals surface area (Å²) in [6, 6.07) is 4.34. The highest BCUT2D eigenvalue weighted by molar-refractivity contribution is 7.89. The van der Waals surface area contributed by atoms with E-state index in [1.807, 2.05) is 0 Å². The van der Waals surface area contributed by atoms with Crippen molar-refractivity contribution >= 4 is 21.6 Å². The molecule has 1 aromatic heterocycles. The molecule has 0 saturated heterocycles. The summed E-state index contributed by atoms with van der Waals surface area (Å²) < 4.78 is 22.6. The summed E-state index contributed by atoms with van der Waals surface area (Å²) in [4.78, 5) is 19.9. The lowest BCUT2D eigenvalue weighted by Gasteiger charge is -2.08. The van der Waals surface area contributed by atoms with E-state index in [2.05, 4.69) is 15.3 Å². The molecule has 7 nitrogen and oxygen atoms in total. The van der Waals surface area contributed by atoms with Crippen LogP contribution in [-0.2, 0) is 10.0 Å². The third-order valence-corrected chi connectivity index (χ3v) is 3.82. The number of hydrogen-bond acceptors (Lipinski definition) is 5. The van der Waals surface area contributed by atoms with E-state index in [1.165, 1.54) is 30.6 Å². The van der Waals surface area contributed by atoms with Crippen LogP contribution < -0.4 is 10.5 Å². The fraction of sp³-hybridized carbons (Fsp3) is 0.154. The topological polar surface area (TPSA) is 115 Å². The molecule has 0 aliphatic heterocycles. The van der Waals surface area contributed by atoms with Gasteiger partial charge >= 0.3 is 0 Å². The quantitative estimate of drug-likeness (QED) is 0.877. The molecule has 0 fully saturated rings. The number of hydrogen-bond donors (Lipinski definition) is 2. The van der Waals surface area contributed by atoms with Gasteiger partial charge in [-0.05, 0) is 37.6 Å². The molecule has 0 spiro atoms. The largest absolute Gasteiger partial charge is 0.321 e. The van der Waals surface area contributed by atoms with Gasteiger partial charge in [0.05, 0.1) is 16.8 Å². The van der Waals surface area contributed by atoms with Crippen LogP contribution in [0.1, 0.15) is 21.7 Å². The molecule has 0 saturated carbocycles. The van der Waals surface area contributed by atoms with Crippen LogP contribution in [0, 0.1) is 13.8 Å². The molecule has 0 unspecified atom stereocenters. The van der Waals surface area contributed by atoms with Gasteiger partial charge in [-0.25, -0.2) is 18.5 Å². The number of carbonyl (C=O) groups excluding carboxylic acids is 1. The minimum atomic E-state index is -3.77. The molecule has 8 heteroatoms. The van der Waals surface area contributed by atoms with Crippen LogP contribution in [0.2, 0.25) is 0 Å². The van der Waals surface area contributed by atoms with Gasteiger partial charge in [0.25, 0.3) is 5.91 Å². The second-order valence-electron chi connectivity index (χ2n) is 4.52. The number of amides is 1. The maximum Gasteiger partial charge on any atom is 0.275 e. The van der Waals surface area contributed by atoms with E-state index in [4.69, 9.17) is 5.14 Å². The molecular weight excluding hydrogens is 292 g/mol. The first-order valence-corrected chi connectivity index (χ1v) is 7.55. The van der Waals surface area contributed by atoms with Crippen LogP contribution in [0.4, 0.5) is 5.69 Å². The Labute approximate surface area is 122 Å². The summed E-state index contributed by atoms with van der Waals surface area (Å²) in [5.74, 6) is -0.426. The van der Waals surface area contributed by atoms with Crippen LogP contribution in [0.3, 0.4) is 0 Å². The number of aryl methyl sites for hydroxylation is 2. The lowest BCUT2D eigenvalue weighted by Crippen LogP contribution is -2.16. The van der Waals surface area contributed by atoms with Gasteiger partial charge in [0.2, 0.25) is 10.0 Å². The Hall–Kier alpha value is -2.32. The summed E-state index contributed by atoms with van der Waals surface area (Å²) in [7, 11) is -3.77. The van der Waals surface area contributed by atoms with Crippen molar-refractivity contribution < 1.29 is 13.2 Å². The van der Waals surface area contributed by atoms with E-state index < -0.39 is 15.9 Å². The minimum Gasteiger partial charge on any atom is -0.321 e. The molecule has 1 aromatic carbocycles. The zero-order valence-corrected chi connectivity index (χ0v) is 12.3. The Morgan fingerprint density at radius 1 is 1.19 bits per heavy atom. The molecule has 0 atom stereocenters. The van der Waals surface area contributed by atoms with Crippen LogP contribution in [0.5, 0.6) is 0 Å². The fourth-order valence-electron chi connectivity index (χ4n) is 1.75. The van der Waals surface area contributed by atoms with E-state index in [-0.39, 0.29) is 10.6 Å². The van der Waals surface area contributed by atoms with Gasteiger partial charge in [0, 0.05) is 11.9 Å². The zero-order valence-electron chi connectivity index (χ0n) is 11.5. The van der Waals surface area contributed by atoms with Gasteiger partial charge in [0.1, 0.15) is 5.69 Å². The Morgan fingerprint density at radius 3 is 2.43 bits per heavy atom. The maximum absolute atomic E-state index is 12.0. The Bertz CT molecular complexity index is 786. The van der Waals surface area contributed by atoms with Crippen LogP contribution in [-0.4, -0.2) is 24.3 Å². The van der Waals surface area contributed by atoms with Crippen LogP contribution in [0.25, 0.3) is 0 Å². The average molecular weight is 306 g/mol. The number of primary sulfonamides is 1. The second-order valence-corrected chi connectivity index (χ2v) is 6.05. The van der Waals surface area contributed by atoms with E-state index in [0.29, 0.717) is 16.9 Å². The van der Waals surface area contributed by atoms with E-state index >= 15 is 0 Å². The van der Waals surface area contributed by atoms with Crippen molar-refractivity contribution in [3.8, 4) is 0 Å².